The van der Waals surface area contributed by atoms with Gasteiger partial charge in [0.15, 0.2) is 5.78 Å². The molecule has 7 heteroatoms. The third-order valence-corrected chi connectivity index (χ3v) is 4.95. The molecule has 162 valence electrons. The van der Waals surface area contributed by atoms with Gasteiger partial charge in [-0.1, -0.05) is 18.2 Å². The first-order valence-corrected chi connectivity index (χ1v) is 10.1. The quantitative estimate of drug-likeness (QED) is 0.399. The average molecular weight is 421 g/mol. The minimum absolute atomic E-state index is 0.0144. The fraction of sp³-hybridized carbons (Fsp3) is 0.292. The van der Waals surface area contributed by atoms with Crippen LogP contribution in [-0.4, -0.2) is 35.0 Å². The largest absolute Gasteiger partial charge is 0.496 e. The van der Waals surface area contributed by atoms with Crippen molar-refractivity contribution in [1.29, 1.82) is 0 Å². The lowest BCUT2D eigenvalue weighted by Crippen LogP contribution is -2.31. The topological polar surface area (TPSA) is 82.4 Å². The third-order valence-electron chi connectivity index (χ3n) is 4.95. The molecular formula is C24H27N3O4. The van der Waals surface area contributed by atoms with Crippen LogP contribution in [0.5, 0.6) is 11.5 Å². The zero-order valence-electron chi connectivity index (χ0n) is 18.0. The van der Waals surface area contributed by atoms with E-state index in [-0.39, 0.29) is 11.7 Å². The Kier molecular flexibility index (Phi) is 7.43. The molecule has 0 radical (unpaired) electrons. The predicted molar refractivity (Wildman–Crippen MR) is 117 cm³/mol. The summed E-state index contributed by atoms with van der Waals surface area (Å²) in [4.78, 5) is 28.4. The summed E-state index contributed by atoms with van der Waals surface area (Å²) in [5, 5.41) is 3.07. The van der Waals surface area contributed by atoms with Crippen LogP contribution in [-0.2, 0) is 11.8 Å². The molecule has 1 aromatic heterocycles. The van der Waals surface area contributed by atoms with E-state index >= 15 is 0 Å². The Bertz CT molecular complexity index is 1030. The average Bonchev–Trinajstić information content (AvgIpc) is 3.21. The van der Waals surface area contributed by atoms with Crippen molar-refractivity contribution in [3.05, 3.63) is 77.9 Å². The molecule has 3 rings (SSSR count). The van der Waals surface area contributed by atoms with Gasteiger partial charge in [0.2, 0.25) is 5.91 Å². The molecule has 2 aromatic carbocycles. The Labute approximate surface area is 182 Å². The number of hydrogen-bond donors (Lipinski definition) is 1. The van der Waals surface area contributed by atoms with Gasteiger partial charge >= 0.3 is 0 Å². The van der Waals surface area contributed by atoms with Crippen LogP contribution in [0, 0.1) is 0 Å². The zero-order valence-corrected chi connectivity index (χ0v) is 18.0. The Morgan fingerprint density at radius 1 is 1.13 bits per heavy atom. The van der Waals surface area contributed by atoms with Gasteiger partial charge in [0.05, 0.1) is 13.7 Å². The Morgan fingerprint density at radius 3 is 2.52 bits per heavy atom. The highest BCUT2D eigenvalue weighted by Gasteiger charge is 2.23. The molecule has 1 N–H and O–H groups in total. The number of para-hydroxylation sites is 1. The molecule has 0 spiro atoms. The van der Waals surface area contributed by atoms with Crippen molar-refractivity contribution in [3.63, 3.8) is 0 Å². The number of ketones is 1. The highest BCUT2D eigenvalue weighted by Crippen LogP contribution is 2.29. The third kappa shape index (κ3) is 5.72. The number of benzene rings is 2. The summed E-state index contributed by atoms with van der Waals surface area (Å²) < 4.78 is 13.0. The van der Waals surface area contributed by atoms with Gasteiger partial charge in [-0.25, -0.2) is 4.98 Å². The van der Waals surface area contributed by atoms with Crippen molar-refractivity contribution in [3.8, 4) is 11.5 Å². The Morgan fingerprint density at radius 2 is 1.87 bits per heavy atom. The number of aromatic nitrogens is 2. The molecule has 0 unspecified atom stereocenters. The smallest absolute Gasteiger partial charge is 0.220 e. The molecule has 7 nitrogen and oxygen atoms in total. The number of methoxy groups -OCH3 is 1. The first-order chi connectivity index (χ1) is 15.0. The summed E-state index contributed by atoms with van der Waals surface area (Å²) in [7, 11) is 3.50. The summed E-state index contributed by atoms with van der Waals surface area (Å²) in [5.41, 5.74) is 1.48. The van der Waals surface area contributed by atoms with E-state index in [0.717, 1.165) is 11.4 Å². The van der Waals surface area contributed by atoms with Crippen LogP contribution in [0.3, 0.4) is 0 Å². The second kappa shape index (κ2) is 10.4. The minimum atomic E-state index is -0.427. The van der Waals surface area contributed by atoms with Crippen molar-refractivity contribution >= 4 is 11.7 Å². The number of carbonyl (C=O) groups excluding carboxylic acids is 2. The van der Waals surface area contributed by atoms with Crippen LogP contribution in [0.4, 0.5) is 0 Å². The number of nitrogens with zero attached hydrogens (tertiary/aromatic N) is 2. The van der Waals surface area contributed by atoms with Gasteiger partial charge in [-0.2, -0.15) is 0 Å². The van der Waals surface area contributed by atoms with Crippen molar-refractivity contribution < 1.29 is 19.1 Å². The molecule has 0 fully saturated rings. The molecule has 1 amide bonds. The lowest BCUT2D eigenvalue weighted by Gasteiger charge is -2.21. The maximum absolute atomic E-state index is 12.7. The summed E-state index contributed by atoms with van der Waals surface area (Å²) in [5.74, 6) is 1.99. The van der Waals surface area contributed by atoms with Gasteiger partial charge in [-0.15, -0.1) is 0 Å². The standard InChI is InChI=1S/C24H27N3O4/c1-17(28)18-10-12-19(13-11-18)31-16-6-9-22(29)26-23(24-25-14-15-27(24)2)20-7-4-5-8-21(20)30-3/h4-5,7-8,10-15,23H,6,9,16H2,1-3H3,(H,26,29)/t23-/m1/s1. The summed E-state index contributed by atoms with van der Waals surface area (Å²) >= 11 is 0. The molecule has 3 aromatic rings. The van der Waals surface area contributed by atoms with Crippen molar-refractivity contribution in [2.24, 2.45) is 7.05 Å². The van der Waals surface area contributed by atoms with Crippen LogP contribution < -0.4 is 14.8 Å². The molecule has 0 bridgehead atoms. The van der Waals surface area contributed by atoms with Crippen molar-refractivity contribution in [2.45, 2.75) is 25.8 Å². The van der Waals surface area contributed by atoms with E-state index in [1.54, 1.807) is 37.6 Å². The van der Waals surface area contributed by atoms with E-state index in [2.05, 4.69) is 10.3 Å². The number of Topliss-reactive ketones (excluding diaryl/α,β-unsaturated/α-hetero) is 1. The number of ether oxygens (including phenoxy) is 2. The van der Waals surface area contributed by atoms with Gasteiger partial charge in [0.1, 0.15) is 23.4 Å². The number of aryl methyl sites for hydroxylation is 1. The fourth-order valence-corrected chi connectivity index (χ4v) is 3.28. The molecular weight excluding hydrogens is 394 g/mol. The molecule has 0 saturated heterocycles. The Balaban J connectivity index is 1.59. The predicted octanol–water partition coefficient (Wildman–Crippen LogP) is 3.70. The number of nitrogens with one attached hydrogen (secondary N) is 1. The zero-order chi connectivity index (χ0) is 22.2. The van der Waals surface area contributed by atoms with Gasteiger partial charge in [-0.05, 0) is 43.7 Å². The number of hydrogen-bond acceptors (Lipinski definition) is 5. The van der Waals surface area contributed by atoms with Gasteiger partial charge in [0, 0.05) is 37.0 Å². The first kappa shape index (κ1) is 22.1. The van der Waals surface area contributed by atoms with Crippen LogP contribution in [0.25, 0.3) is 0 Å². The van der Waals surface area contributed by atoms with Crippen molar-refractivity contribution in [2.75, 3.05) is 13.7 Å². The number of rotatable bonds is 10. The molecule has 31 heavy (non-hydrogen) atoms. The fourth-order valence-electron chi connectivity index (χ4n) is 3.28. The van der Waals surface area contributed by atoms with E-state index < -0.39 is 6.04 Å². The maximum Gasteiger partial charge on any atom is 0.220 e. The van der Waals surface area contributed by atoms with E-state index in [1.807, 2.05) is 42.1 Å². The summed E-state index contributed by atoms with van der Waals surface area (Å²) in [6.07, 6.45) is 4.41. The molecule has 0 aliphatic carbocycles. The molecule has 0 saturated carbocycles. The second-order valence-corrected chi connectivity index (χ2v) is 7.17. The van der Waals surface area contributed by atoms with E-state index in [4.69, 9.17) is 9.47 Å². The highest BCUT2D eigenvalue weighted by molar-refractivity contribution is 5.94. The molecule has 0 aliphatic heterocycles. The lowest BCUT2D eigenvalue weighted by molar-refractivity contribution is -0.121. The number of carbonyl (C=O) groups is 2. The van der Waals surface area contributed by atoms with E-state index in [1.165, 1.54) is 6.92 Å². The monoisotopic (exact) mass is 421 g/mol. The SMILES string of the molecule is COc1ccccc1[C@@H](NC(=O)CCCOc1ccc(C(C)=O)cc1)c1nccn1C. The van der Waals surface area contributed by atoms with Crippen LogP contribution in [0.15, 0.2) is 60.9 Å². The van der Waals surface area contributed by atoms with Gasteiger partial charge in [-0.3, -0.25) is 9.59 Å². The molecule has 1 heterocycles. The van der Waals surface area contributed by atoms with Crippen LogP contribution in [0.2, 0.25) is 0 Å². The highest BCUT2D eigenvalue weighted by atomic mass is 16.5. The molecule has 1 atom stereocenters. The van der Waals surface area contributed by atoms with E-state index in [0.29, 0.717) is 36.5 Å². The lowest BCUT2D eigenvalue weighted by atomic mass is 10.0. The van der Waals surface area contributed by atoms with Gasteiger partial charge in [0.25, 0.3) is 0 Å². The number of amides is 1. The van der Waals surface area contributed by atoms with Gasteiger partial charge < -0.3 is 19.4 Å². The number of imidazole rings is 1. The van der Waals surface area contributed by atoms with Crippen LogP contribution in [0.1, 0.15) is 47.6 Å². The molecule has 0 aliphatic rings. The summed E-state index contributed by atoms with van der Waals surface area (Å²) in [6.45, 7) is 1.92. The first-order valence-electron chi connectivity index (χ1n) is 10.1. The van der Waals surface area contributed by atoms with Crippen molar-refractivity contribution in [1.82, 2.24) is 14.9 Å². The van der Waals surface area contributed by atoms with E-state index in [9.17, 15) is 9.59 Å². The minimum Gasteiger partial charge on any atom is -0.496 e. The summed E-state index contributed by atoms with van der Waals surface area (Å²) in [6, 6.07) is 14.1. The second-order valence-electron chi connectivity index (χ2n) is 7.17. The maximum atomic E-state index is 12.7. The Hall–Kier alpha value is -3.61. The normalized spacial score (nSPS) is 11.6. The van der Waals surface area contributed by atoms with Crippen LogP contribution >= 0.6 is 0 Å².